The van der Waals surface area contributed by atoms with Crippen LogP contribution in [0.2, 0.25) is 5.02 Å². The molecule has 0 aliphatic heterocycles. The summed E-state index contributed by atoms with van der Waals surface area (Å²) in [5, 5.41) is 3.13. The average molecular weight is 574 g/mol. The van der Waals surface area contributed by atoms with Gasteiger partial charge in [0, 0.05) is 23.2 Å². The standard InChI is InChI=1S/C29H33ClFN3O4S/c1-5-21(3)32-29(36)22(4)33(18-23-9-6-7-12-27(23)31)28(35)19-34(25-11-8-10-24(30)17-25)39(37,38)26-15-13-20(2)14-16-26/h6-17,21-22H,5,18-19H2,1-4H3,(H,32,36). The largest absolute Gasteiger partial charge is 0.352 e. The van der Waals surface area contributed by atoms with Crippen LogP contribution in [0.25, 0.3) is 0 Å². The molecule has 0 bridgehead atoms. The molecule has 1 N–H and O–H groups in total. The van der Waals surface area contributed by atoms with Gasteiger partial charge < -0.3 is 10.2 Å². The van der Waals surface area contributed by atoms with E-state index in [9.17, 15) is 22.4 Å². The van der Waals surface area contributed by atoms with Crippen LogP contribution in [0, 0.1) is 12.7 Å². The van der Waals surface area contributed by atoms with Crippen LogP contribution in [-0.4, -0.2) is 43.8 Å². The molecule has 2 atom stereocenters. The summed E-state index contributed by atoms with van der Waals surface area (Å²) in [7, 11) is -4.21. The molecule has 0 aliphatic carbocycles. The number of hydrogen-bond donors (Lipinski definition) is 1. The van der Waals surface area contributed by atoms with Crippen molar-refractivity contribution in [2.45, 2.75) is 57.6 Å². The molecular weight excluding hydrogens is 541 g/mol. The average Bonchev–Trinajstić information content (AvgIpc) is 2.90. The van der Waals surface area contributed by atoms with Gasteiger partial charge in [-0.25, -0.2) is 12.8 Å². The van der Waals surface area contributed by atoms with Gasteiger partial charge in [0.05, 0.1) is 10.6 Å². The summed E-state index contributed by atoms with van der Waals surface area (Å²) < 4.78 is 43.1. The number of sulfonamides is 1. The lowest BCUT2D eigenvalue weighted by Gasteiger charge is -2.32. The Morgan fingerprint density at radius 1 is 1.00 bits per heavy atom. The zero-order valence-electron chi connectivity index (χ0n) is 22.4. The second-order valence-corrected chi connectivity index (χ2v) is 11.7. The molecular formula is C29H33ClFN3O4S. The van der Waals surface area contributed by atoms with Crippen LogP contribution in [-0.2, 0) is 26.2 Å². The molecule has 2 amide bonds. The molecule has 2 unspecified atom stereocenters. The van der Waals surface area contributed by atoms with Crippen LogP contribution in [0.5, 0.6) is 0 Å². The minimum absolute atomic E-state index is 0.0101. The molecule has 0 aromatic heterocycles. The Bertz CT molecular complexity index is 1420. The zero-order valence-corrected chi connectivity index (χ0v) is 24.0. The Hall–Kier alpha value is -3.43. The van der Waals surface area contributed by atoms with Crippen molar-refractivity contribution in [1.82, 2.24) is 10.2 Å². The maximum absolute atomic E-state index is 14.6. The van der Waals surface area contributed by atoms with Crippen molar-refractivity contribution < 1.29 is 22.4 Å². The summed E-state index contributed by atoms with van der Waals surface area (Å²) in [6.07, 6.45) is 0.678. The number of nitrogens with zero attached hydrogens (tertiary/aromatic N) is 2. The number of aryl methyl sites for hydroxylation is 1. The molecule has 0 heterocycles. The fourth-order valence-electron chi connectivity index (χ4n) is 3.86. The number of carbonyl (C=O) groups is 2. The van der Waals surface area contributed by atoms with Crippen LogP contribution in [0.3, 0.4) is 0 Å². The fourth-order valence-corrected chi connectivity index (χ4v) is 5.45. The van der Waals surface area contributed by atoms with Crippen molar-refractivity contribution >= 4 is 39.1 Å². The van der Waals surface area contributed by atoms with Crippen molar-refractivity contribution in [2.75, 3.05) is 10.8 Å². The second kappa shape index (κ2) is 13.1. The van der Waals surface area contributed by atoms with E-state index in [1.807, 2.05) is 20.8 Å². The Kier molecular flexibility index (Phi) is 10.1. The van der Waals surface area contributed by atoms with Gasteiger partial charge in [-0.1, -0.05) is 60.5 Å². The quantitative estimate of drug-likeness (QED) is 0.337. The molecule has 7 nitrogen and oxygen atoms in total. The van der Waals surface area contributed by atoms with Gasteiger partial charge in [0.15, 0.2) is 0 Å². The predicted molar refractivity (Wildman–Crippen MR) is 151 cm³/mol. The van der Waals surface area contributed by atoms with E-state index in [4.69, 9.17) is 11.6 Å². The first-order valence-electron chi connectivity index (χ1n) is 12.6. The van der Waals surface area contributed by atoms with Crippen LogP contribution < -0.4 is 9.62 Å². The first-order valence-corrected chi connectivity index (χ1v) is 14.4. The van der Waals surface area contributed by atoms with Crippen LogP contribution in [0.15, 0.2) is 77.7 Å². The van der Waals surface area contributed by atoms with Gasteiger partial charge in [-0.15, -0.1) is 0 Å². The molecule has 0 fully saturated rings. The van der Waals surface area contributed by atoms with Crippen LogP contribution in [0.1, 0.15) is 38.3 Å². The summed E-state index contributed by atoms with van der Waals surface area (Å²) in [6, 6.07) is 17.2. The number of hydrogen-bond acceptors (Lipinski definition) is 4. The summed E-state index contributed by atoms with van der Waals surface area (Å²) in [6.45, 7) is 6.26. The molecule has 0 spiro atoms. The smallest absolute Gasteiger partial charge is 0.264 e. The van der Waals surface area contributed by atoms with E-state index in [1.54, 1.807) is 30.3 Å². The molecule has 0 saturated carbocycles. The molecule has 0 aliphatic rings. The monoisotopic (exact) mass is 573 g/mol. The van der Waals surface area contributed by atoms with Crippen molar-refractivity contribution in [3.8, 4) is 0 Å². The van der Waals surface area contributed by atoms with Crippen LogP contribution >= 0.6 is 11.6 Å². The van der Waals surface area contributed by atoms with Gasteiger partial charge >= 0.3 is 0 Å². The Labute approximate surface area is 234 Å². The van der Waals surface area contributed by atoms with E-state index < -0.39 is 40.2 Å². The Morgan fingerprint density at radius 2 is 1.67 bits per heavy atom. The molecule has 0 saturated heterocycles. The first-order chi connectivity index (χ1) is 18.4. The molecule has 0 radical (unpaired) electrons. The minimum Gasteiger partial charge on any atom is -0.352 e. The lowest BCUT2D eigenvalue weighted by Crippen LogP contribution is -2.52. The summed E-state index contributed by atoms with van der Waals surface area (Å²) >= 11 is 6.17. The molecule has 3 aromatic rings. The fraction of sp³-hybridized carbons (Fsp3) is 0.310. The Morgan fingerprint density at radius 3 is 2.28 bits per heavy atom. The molecule has 208 valence electrons. The first kappa shape index (κ1) is 30.1. The summed E-state index contributed by atoms with van der Waals surface area (Å²) in [5.41, 5.74) is 1.25. The third-order valence-corrected chi connectivity index (χ3v) is 8.47. The molecule has 39 heavy (non-hydrogen) atoms. The molecule has 10 heteroatoms. The normalized spacial score (nSPS) is 12.9. The third-order valence-electron chi connectivity index (χ3n) is 6.45. The maximum atomic E-state index is 14.6. The number of anilines is 1. The summed E-state index contributed by atoms with van der Waals surface area (Å²) in [5.74, 6) is -1.64. The lowest BCUT2D eigenvalue weighted by molar-refractivity contribution is -0.139. The Balaban J connectivity index is 2.04. The van der Waals surface area contributed by atoms with E-state index in [1.165, 1.54) is 54.3 Å². The van der Waals surface area contributed by atoms with E-state index >= 15 is 0 Å². The van der Waals surface area contributed by atoms with E-state index in [0.717, 1.165) is 9.87 Å². The molecule has 3 rings (SSSR count). The van der Waals surface area contributed by atoms with Gasteiger partial charge in [0.2, 0.25) is 11.8 Å². The van der Waals surface area contributed by atoms with Crippen molar-refractivity contribution in [2.24, 2.45) is 0 Å². The highest BCUT2D eigenvalue weighted by Gasteiger charge is 2.33. The van der Waals surface area contributed by atoms with Gasteiger partial charge in [-0.2, -0.15) is 0 Å². The second-order valence-electron chi connectivity index (χ2n) is 9.41. The van der Waals surface area contributed by atoms with Crippen molar-refractivity contribution in [3.05, 3.63) is 94.8 Å². The molecule has 3 aromatic carbocycles. The van der Waals surface area contributed by atoms with E-state index in [2.05, 4.69) is 5.32 Å². The van der Waals surface area contributed by atoms with E-state index in [-0.39, 0.29) is 33.8 Å². The van der Waals surface area contributed by atoms with Gasteiger partial charge in [0.1, 0.15) is 18.4 Å². The predicted octanol–water partition coefficient (Wildman–Crippen LogP) is 5.31. The number of amides is 2. The van der Waals surface area contributed by atoms with Gasteiger partial charge in [-0.05, 0) is 63.6 Å². The highest BCUT2D eigenvalue weighted by Crippen LogP contribution is 2.27. The highest BCUT2D eigenvalue weighted by atomic mass is 35.5. The SMILES string of the molecule is CCC(C)NC(=O)C(C)N(Cc1ccccc1F)C(=O)CN(c1cccc(Cl)c1)S(=O)(=O)c1ccc(C)cc1. The number of halogens is 2. The number of rotatable bonds is 11. The zero-order chi connectivity index (χ0) is 28.7. The highest BCUT2D eigenvalue weighted by molar-refractivity contribution is 7.92. The number of benzene rings is 3. The lowest BCUT2D eigenvalue weighted by atomic mass is 10.1. The summed E-state index contributed by atoms with van der Waals surface area (Å²) in [4.78, 5) is 28.1. The van der Waals surface area contributed by atoms with Crippen LogP contribution in [0.4, 0.5) is 10.1 Å². The topological polar surface area (TPSA) is 86.8 Å². The van der Waals surface area contributed by atoms with Gasteiger partial charge in [0.25, 0.3) is 10.0 Å². The maximum Gasteiger partial charge on any atom is 0.264 e. The number of nitrogens with one attached hydrogen (secondary N) is 1. The van der Waals surface area contributed by atoms with E-state index in [0.29, 0.717) is 6.42 Å². The van der Waals surface area contributed by atoms with Crippen molar-refractivity contribution in [3.63, 3.8) is 0 Å². The van der Waals surface area contributed by atoms with Gasteiger partial charge in [-0.3, -0.25) is 13.9 Å². The third kappa shape index (κ3) is 7.58. The van der Waals surface area contributed by atoms with Crippen molar-refractivity contribution in [1.29, 1.82) is 0 Å². The number of carbonyl (C=O) groups excluding carboxylic acids is 2. The minimum atomic E-state index is -4.21.